The number of nitrogens with two attached hydrogens (primary N) is 1. The van der Waals surface area contributed by atoms with Gasteiger partial charge in [-0.3, -0.25) is 9.59 Å². The van der Waals surface area contributed by atoms with Gasteiger partial charge < -0.3 is 21.1 Å². The van der Waals surface area contributed by atoms with Gasteiger partial charge in [0, 0.05) is 13.1 Å². The summed E-state index contributed by atoms with van der Waals surface area (Å²) in [6.45, 7) is 2.60. The molecule has 0 spiro atoms. The zero-order valence-electron chi connectivity index (χ0n) is 12.2. The van der Waals surface area contributed by atoms with Crippen LogP contribution >= 0.6 is 0 Å². The lowest BCUT2D eigenvalue weighted by Crippen LogP contribution is -2.47. The first-order valence-corrected chi connectivity index (χ1v) is 6.91. The number of rotatable bonds is 3. The molecule has 1 aliphatic rings. The second-order valence-electron chi connectivity index (χ2n) is 5.51. The van der Waals surface area contributed by atoms with Crippen molar-refractivity contribution in [2.45, 2.75) is 13.3 Å². The molecule has 2 unspecified atom stereocenters. The number of piperidine rings is 1. The molecule has 118 valence electrons. The Morgan fingerprint density at radius 2 is 2.09 bits per heavy atom. The minimum absolute atomic E-state index is 0.107. The highest BCUT2D eigenvalue weighted by Crippen LogP contribution is 2.22. The number of primary amides is 1. The Bertz CT molecular complexity index is 587. The van der Waals surface area contributed by atoms with E-state index in [0.717, 1.165) is 0 Å². The highest BCUT2D eigenvalue weighted by atomic mass is 16.4. The Morgan fingerprint density at radius 1 is 1.36 bits per heavy atom. The van der Waals surface area contributed by atoms with Crippen molar-refractivity contribution in [3.8, 4) is 0 Å². The number of carboxylic acid groups (broad SMARTS) is 1. The third kappa shape index (κ3) is 3.72. The third-order valence-corrected chi connectivity index (χ3v) is 3.56. The van der Waals surface area contributed by atoms with E-state index in [9.17, 15) is 14.4 Å². The smallest absolute Gasteiger partial charge is 0.321 e. The van der Waals surface area contributed by atoms with Crippen LogP contribution in [0, 0.1) is 11.8 Å². The van der Waals surface area contributed by atoms with E-state index in [2.05, 4.69) is 10.3 Å². The van der Waals surface area contributed by atoms with Crippen LogP contribution in [0.3, 0.4) is 0 Å². The van der Waals surface area contributed by atoms with Gasteiger partial charge in [0.25, 0.3) is 5.91 Å². The van der Waals surface area contributed by atoms with Gasteiger partial charge in [-0.2, -0.15) is 0 Å². The quantitative estimate of drug-likeness (QED) is 0.760. The lowest BCUT2D eigenvalue weighted by molar-refractivity contribution is -0.143. The van der Waals surface area contributed by atoms with E-state index in [1.807, 2.05) is 6.92 Å². The van der Waals surface area contributed by atoms with Crippen molar-refractivity contribution >= 4 is 23.6 Å². The SMILES string of the molecule is CC1CC(C(=O)O)CN(C(=O)Nc2ccc(C(N)=O)nc2)C1. The third-order valence-electron chi connectivity index (χ3n) is 3.56. The molecular weight excluding hydrogens is 288 g/mol. The molecule has 2 atom stereocenters. The van der Waals surface area contributed by atoms with Crippen LogP contribution in [0.1, 0.15) is 23.8 Å². The normalized spacial score (nSPS) is 21.2. The standard InChI is InChI=1S/C14H18N4O4/c1-8-4-9(13(20)21)7-18(6-8)14(22)17-10-2-3-11(12(15)19)16-5-10/h2-3,5,8-9H,4,6-7H2,1H3,(H2,15,19)(H,17,22)(H,20,21). The maximum atomic E-state index is 12.2. The summed E-state index contributed by atoms with van der Waals surface area (Å²) >= 11 is 0. The van der Waals surface area contributed by atoms with E-state index in [1.165, 1.54) is 23.2 Å². The monoisotopic (exact) mass is 306 g/mol. The van der Waals surface area contributed by atoms with Crippen LogP contribution in [0.2, 0.25) is 0 Å². The van der Waals surface area contributed by atoms with Gasteiger partial charge in [0.1, 0.15) is 5.69 Å². The number of nitrogens with one attached hydrogen (secondary N) is 1. The van der Waals surface area contributed by atoms with E-state index in [4.69, 9.17) is 10.8 Å². The topological polar surface area (TPSA) is 126 Å². The maximum Gasteiger partial charge on any atom is 0.321 e. The van der Waals surface area contributed by atoms with Crippen molar-refractivity contribution < 1.29 is 19.5 Å². The molecule has 1 aromatic rings. The molecule has 4 N–H and O–H groups in total. The van der Waals surface area contributed by atoms with E-state index >= 15 is 0 Å². The van der Waals surface area contributed by atoms with Crippen LogP contribution < -0.4 is 11.1 Å². The molecule has 8 nitrogen and oxygen atoms in total. The number of aliphatic carboxylic acids is 1. The number of carbonyl (C=O) groups excluding carboxylic acids is 2. The Labute approximate surface area is 127 Å². The first-order chi connectivity index (χ1) is 10.4. The molecular formula is C14H18N4O4. The van der Waals surface area contributed by atoms with Crippen LogP contribution in [0.5, 0.6) is 0 Å². The molecule has 2 heterocycles. The second kappa shape index (κ2) is 6.42. The second-order valence-corrected chi connectivity index (χ2v) is 5.51. The van der Waals surface area contributed by atoms with Crippen LogP contribution in [-0.2, 0) is 4.79 Å². The van der Waals surface area contributed by atoms with Crippen molar-refractivity contribution in [1.82, 2.24) is 9.88 Å². The summed E-state index contributed by atoms with van der Waals surface area (Å²) in [6.07, 6.45) is 1.90. The number of pyridine rings is 1. The molecule has 1 fully saturated rings. The molecule has 2 rings (SSSR count). The van der Waals surface area contributed by atoms with Gasteiger partial charge in [0.2, 0.25) is 0 Å². The van der Waals surface area contributed by atoms with E-state index in [1.54, 1.807) is 0 Å². The van der Waals surface area contributed by atoms with Gasteiger partial charge in [-0.1, -0.05) is 6.92 Å². The van der Waals surface area contributed by atoms with Crippen molar-refractivity contribution in [3.05, 3.63) is 24.0 Å². The number of carboxylic acids is 1. The van der Waals surface area contributed by atoms with Gasteiger partial charge in [0.15, 0.2) is 0 Å². The zero-order valence-corrected chi connectivity index (χ0v) is 12.2. The summed E-state index contributed by atoms with van der Waals surface area (Å²) in [7, 11) is 0. The average molecular weight is 306 g/mol. The summed E-state index contributed by atoms with van der Waals surface area (Å²) in [5.74, 6) is -1.97. The fraction of sp³-hybridized carbons (Fsp3) is 0.429. The summed E-state index contributed by atoms with van der Waals surface area (Å²) < 4.78 is 0. The molecule has 8 heteroatoms. The Kier molecular flexibility index (Phi) is 4.59. The molecule has 0 saturated carbocycles. The fourth-order valence-corrected chi connectivity index (χ4v) is 2.51. The number of hydrogen-bond acceptors (Lipinski definition) is 4. The van der Waals surface area contributed by atoms with E-state index in [0.29, 0.717) is 18.7 Å². The molecule has 3 amide bonds. The van der Waals surface area contributed by atoms with Crippen molar-refractivity contribution in [1.29, 1.82) is 0 Å². The highest BCUT2D eigenvalue weighted by molar-refractivity contribution is 5.92. The lowest BCUT2D eigenvalue weighted by atomic mass is 9.91. The Morgan fingerprint density at radius 3 is 2.64 bits per heavy atom. The zero-order chi connectivity index (χ0) is 16.3. The molecule has 1 saturated heterocycles. The Hall–Kier alpha value is -2.64. The number of aromatic nitrogens is 1. The summed E-state index contributed by atoms with van der Waals surface area (Å²) in [4.78, 5) is 39.6. The number of urea groups is 1. The summed E-state index contributed by atoms with van der Waals surface area (Å²) in [5, 5.41) is 11.8. The van der Waals surface area contributed by atoms with Crippen LogP contribution in [0.25, 0.3) is 0 Å². The number of anilines is 1. The fourth-order valence-electron chi connectivity index (χ4n) is 2.51. The lowest BCUT2D eigenvalue weighted by Gasteiger charge is -2.34. The number of nitrogens with zero attached hydrogens (tertiary/aromatic N) is 2. The summed E-state index contributed by atoms with van der Waals surface area (Å²) in [6, 6.07) is 2.55. The maximum absolute atomic E-state index is 12.2. The number of amides is 3. The first kappa shape index (κ1) is 15.7. The van der Waals surface area contributed by atoms with Gasteiger partial charge in [-0.15, -0.1) is 0 Å². The van der Waals surface area contributed by atoms with E-state index < -0.39 is 17.8 Å². The Balaban J connectivity index is 2.01. The average Bonchev–Trinajstić information content (AvgIpc) is 2.47. The highest BCUT2D eigenvalue weighted by Gasteiger charge is 2.31. The number of carbonyl (C=O) groups is 3. The van der Waals surface area contributed by atoms with Crippen LogP contribution in [0.4, 0.5) is 10.5 Å². The number of likely N-dealkylation sites (tertiary alicyclic amines) is 1. The molecule has 0 aromatic carbocycles. The van der Waals surface area contributed by atoms with Gasteiger partial charge in [0.05, 0.1) is 17.8 Å². The van der Waals surface area contributed by atoms with Crippen molar-refractivity contribution in [2.75, 3.05) is 18.4 Å². The molecule has 22 heavy (non-hydrogen) atoms. The minimum atomic E-state index is -0.892. The molecule has 1 aromatic heterocycles. The number of hydrogen-bond donors (Lipinski definition) is 3. The van der Waals surface area contributed by atoms with Crippen molar-refractivity contribution in [2.24, 2.45) is 17.6 Å². The molecule has 0 radical (unpaired) electrons. The van der Waals surface area contributed by atoms with Crippen LogP contribution in [-0.4, -0.2) is 46.0 Å². The molecule has 1 aliphatic heterocycles. The van der Waals surface area contributed by atoms with Gasteiger partial charge in [-0.25, -0.2) is 9.78 Å². The largest absolute Gasteiger partial charge is 0.481 e. The van der Waals surface area contributed by atoms with Gasteiger partial charge in [-0.05, 0) is 24.5 Å². The van der Waals surface area contributed by atoms with Crippen molar-refractivity contribution in [3.63, 3.8) is 0 Å². The minimum Gasteiger partial charge on any atom is -0.481 e. The predicted octanol–water partition coefficient (Wildman–Crippen LogP) is 0.755. The summed E-state index contributed by atoms with van der Waals surface area (Å²) in [5.41, 5.74) is 5.61. The molecule has 0 bridgehead atoms. The first-order valence-electron chi connectivity index (χ1n) is 6.91. The van der Waals surface area contributed by atoms with Crippen LogP contribution in [0.15, 0.2) is 18.3 Å². The van der Waals surface area contributed by atoms with E-state index in [-0.39, 0.29) is 24.2 Å². The van der Waals surface area contributed by atoms with Gasteiger partial charge >= 0.3 is 12.0 Å². The molecule has 0 aliphatic carbocycles. The predicted molar refractivity (Wildman–Crippen MR) is 78.3 cm³/mol.